The summed E-state index contributed by atoms with van der Waals surface area (Å²) in [6.45, 7) is 3.48. The topological polar surface area (TPSA) is 49.4 Å². The maximum atomic E-state index is 12.4. The van der Waals surface area contributed by atoms with E-state index in [2.05, 4.69) is 28.2 Å². The van der Waals surface area contributed by atoms with Crippen LogP contribution in [0.25, 0.3) is 0 Å². The number of unbranched alkanes of at least 4 members (excludes halogenated alkanes) is 1. The first-order valence-corrected chi connectivity index (χ1v) is 8.73. The van der Waals surface area contributed by atoms with Crippen molar-refractivity contribution >= 4 is 27.7 Å². The van der Waals surface area contributed by atoms with Gasteiger partial charge in [-0.3, -0.25) is 9.59 Å². The number of hydrogen-bond acceptors (Lipinski definition) is 2. The van der Waals surface area contributed by atoms with Crippen molar-refractivity contribution in [3.63, 3.8) is 0 Å². The smallest absolute Gasteiger partial charge is 0.253 e. The van der Waals surface area contributed by atoms with E-state index in [1.165, 1.54) is 0 Å². The number of benzene rings is 1. The van der Waals surface area contributed by atoms with E-state index >= 15 is 0 Å². The van der Waals surface area contributed by atoms with Gasteiger partial charge in [0.05, 0.1) is 0 Å². The Labute approximate surface area is 140 Å². The molecule has 0 bridgehead atoms. The lowest BCUT2D eigenvalue weighted by Gasteiger charge is -2.32. The summed E-state index contributed by atoms with van der Waals surface area (Å²) < 4.78 is 0.913. The fraction of sp³-hybridized carbons (Fsp3) is 0.529. The molecule has 1 N–H and O–H groups in total. The highest BCUT2D eigenvalue weighted by Gasteiger charge is 2.24. The van der Waals surface area contributed by atoms with Crippen molar-refractivity contribution in [1.82, 2.24) is 10.2 Å². The van der Waals surface area contributed by atoms with E-state index in [-0.39, 0.29) is 17.9 Å². The molecule has 4 nitrogen and oxygen atoms in total. The Morgan fingerprint density at radius 2 is 2.05 bits per heavy atom. The number of halogens is 1. The zero-order chi connectivity index (χ0) is 15.9. The Bertz CT molecular complexity index is 525. The van der Waals surface area contributed by atoms with Gasteiger partial charge in [0.25, 0.3) is 5.91 Å². The van der Waals surface area contributed by atoms with E-state index in [0.29, 0.717) is 25.1 Å². The van der Waals surface area contributed by atoms with Crippen molar-refractivity contribution in [1.29, 1.82) is 0 Å². The number of carbonyl (C=O) groups excluding carboxylic acids is 2. The molecule has 0 saturated carbocycles. The number of hydrogen-bond donors (Lipinski definition) is 1. The van der Waals surface area contributed by atoms with Gasteiger partial charge in [0.15, 0.2) is 0 Å². The van der Waals surface area contributed by atoms with Gasteiger partial charge in [-0.05, 0) is 37.5 Å². The summed E-state index contributed by atoms with van der Waals surface area (Å²) >= 11 is 3.39. The Hall–Kier alpha value is -1.36. The van der Waals surface area contributed by atoms with E-state index in [0.717, 1.165) is 30.2 Å². The average molecular weight is 367 g/mol. The number of amides is 2. The summed E-state index contributed by atoms with van der Waals surface area (Å²) in [5.74, 6) is 0.204. The second-order valence-electron chi connectivity index (χ2n) is 5.75. The lowest BCUT2D eigenvalue weighted by Crippen LogP contribution is -2.46. The molecule has 2 amide bonds. The highest BCUT2D eigenvalue weighted by Crippen LogP contribution is 2.17. The average Bonchev–Trinajstić information content (AvgIpc) is 2.53. The fourth-order valence-corrected chi connectivity index (χ4v) is 3.07. The summed E-state index contributed by atoms with van der Waals surface area (Å²) in [6.07, 6.45) is 4.24. The van der Waals surface area contributed by atoms with Gasteiger partial charge in [-0.2, -0.15) is 0 Å². The summed E-state index contributed by atoms with van der Waals surface area (Å²) in [4.78, 5) is 26.1. The van der Waals surface area contributed by atoms with Crippen molar-refractivity contribution in [2.24, 2.45) is 0 Å². The molecule has 0 radical (unpaired) electrons. The normalized spacial score (nSPS) is 15.6. The number of rotatable bonds is 5. The SMILES string of the molecule is CCCCC(=O)NC1CCN(C(=O)c2cccc(Br)c2)CC1. The summed E-state index contributed by atoms with van der Waals surface area (Å²) in [5.41, 5.74) is 0.708. The largest absolute Gasteiger partial charge is 0.353 e. The standard InChI is InChI=1S/C17H23BrN2O2/c1-2-3-7-16(21)19-15-8-10-20(11-9-15)17(22)13-5-4-6-14(18)12-13/h4-6,12,15H,2-3,7-11H2,1H3,(H,19,21). The van der Waals surface area contributed by atoms with Gasteiger partial charge >= 0.3 is 0 Å². The second-order valence-corrected chi connectivity index (χ2v) is 6.66. The Morgan fingerprint density at radius 1 is 1.32 bits per heavy atom. The Kier molecular flexibility index (Phi) is 6.43. The van der Waals surface area contributed by atoms with Crippen LogP contribution in [0.15, 0.2) is 28.7 Å². The number of carbonyl (C=O) groups is 2. The third kappa shape index (κ3) is 4.83. The van der Waals surface area contributed by atoms with Crippen LogP contribution >= 0.6 is 15.9 Å². The number of nitrogens with one attached hydrogen (secondary N) is 1. The Morgan fingerprint density at radius 3 is 2.68 bits per heavy atom. The van der Waals surface area contributed by atoms with Crippen LogP contribution in [0.4, 0.5) is 0 Å². The predicted octanol–water partition coefficient (Wildman–Crippen LogP) is 3.36. The molecule has 22 heavy (non-hydrogen) atoms. The fourth-order valence-electron chi connectivity index (χ4n) is 2.67. The van der Waals surface area contributed by atoms with Crippen molar-refractivity contribution in [2.45, 2.75) is 45.1 Å². The molecule has 1 aromatic carbocycles. The molecule has 0 aromatic heterocycles. The maximum absolute atomic E-state index is 12.4. The molecule has 0 atom stereocenters. The molecule has 1 aliphatic rings. The van der Waals surface area contributed by atoms with E-state index in [1.54, 1.807) is 0 Å². The van der Waals surface area contributed by atoms with Crippen LogP contribution in [0.2, 0.25) is 0 Å². The number of nitrogens with zero attached hydrogens (tertiary/aromatic N) is 1. The lowest BCUT2D eigenvalue weighted by molar-refractivity contribution is -0.122. The van der Waals surface area contributed by atoms with Gasteiger partial charge in [0, 0.05) is 35.6 Å². The van der Waals surface area contributed by atoms with Gasteiger partial charge in [-0.25, -0.2) is 0 Å². The molecule has 2 rings (SSSR count). The lowest BCUT2D eigenvalue weighted by atomic mass is 10.0. The molecule has 0 spiro atoms. The van der Waals surface area contributed by atoms with Gasteiger partial charge in [-0.15, -0.1) is 0 Å². The number of likely N-dealkylation sites (tertiary alicyclic amines) is 1. The van der Waals surface area contributed by atoms with E-state index in [4.69, 9.17) is 0 Å². The summed E-state index contributed by atoms with van der Waals surface area (Å²) in [5, 5.41) is 3.08. The van der Waals surface area contributed by atoms with Crippen LogP contribution in [-0.4, -0.2) is 35.8 Å². The molecule has 1 aliphatic heterocycles. The van der Waals surface area contributed by atoms with Gasteiger partial charge < -0.3 is 10.2 Å². The first-order chi connectivity index (χ1) is 10.6. The summed E-state index contributed by atoms with van der Waals surface area (Å²) in [6, 6.07) is 7.68. The second kappa shape index (κ2) is 8.32. The number of piperidine rings is 1. The first-order valence-electron chi connectivity index (χ1n) is 7.94. The molecule has 1 fully saturated rings. The minimum Gasteiger partial charge on any atom is -0.353 e. The highest BCUT2D eigenvalue weighted by atomic mass is 79.9. The molecule has 5 heteroatoms. The van der Waals surface area contributed by atoms with Gasteiger partial charge in [0.2, 0.25) is 5.91 Å². The Balaban J connectivity index is 1.82. The van der Waals surface area contributed by atoms with Gasteiger partial charge in [-0.1, -0.05) is 35.3 Å². The minimum absolute atomic E-state index is 0.0667. The summed E-state index contributed by atoms with van der Waals surface area (Å²) in [7, 11) is 0. The zero-order valence-corrected chi connectivity index (χ0v) is 14.6. The van der Waals surface area contributed by atoms with Crippen molar-refractivity contribution in [3.8, 4) is 0 Å². The molecule has 1 aromatic rings. The third-order valence-corrected chi connectivity index (χ3v) is 4.47. The van der Waals surface area contributed by atoms with Crippen molar-refractivity contribution < 1.29 is 9.59 Å². The zero-order valence-electron chi connectivity index (χ0n) is 13.0. The molecule has 1 saturated heterocycles. The molecule has 1 heterocycles. The van der Waals surface area contributed by atoms with E-state index < -0.39 is 0 Å². The van der Waals surface area contributed by atoms with Crippen LogP contribution in [0.3, 0.4) is 0 Å². The van der Waals surface area contributed by atoms with Crippen molar-refractivity contribution in [3.05, 3.63) is 34.3 Å². The molecule has 0 aliphatic carbocycles. The first kappa shape index (κ1) is 17.0. The maximum Gasteiger partial charge on any atom is 0.253 e. The van der Waals surface area contributed by atoms with E-state index in [1.807, 2.05) is 29.2 Å². The minimum atomic E-state index is 0.0667. The van der Waals surface area contributed by atoms with Crippen LogP contribution in [-0.2, 0) is 4.79 Å². The highest BCUT2D eigenvalue weighted by molar-refractivity contribution is 9.10. The van der Waals surface area contributed by atoms with Crippen LogP contribution in [0.1, 0.15) is 49.4 Å². The predicted molar refractivity (Wildman–Crippen MR) is 90.7 cm³/mol. The monoisotopic (exact) mass is 366 g/mol. The molecule has 120 valence electrons. The molecular weight excluding hydrogens is 344 g/mol. The third-order valence-electron chi connectivity index (χ3n) is 3.98. The van der Waals surface area contributed by atoms with E-state index in [9.17, 15) is 9.59 Å². The van der Waals surface area contributed by atoms with Gasteiger partial charge in [0.1, 0.15) is 0 Å². The van der Waals surface area contributed by atoms with Crippen molar-refractivity contribution in [2.75, 3.05) is 13.1 Å². The quantitative estimate of drug-likeness (QED) is 0.868. The van der Waals surface area contributed by atoms with Crippen LogP contribution in [0.5, 0.6) is 0 Å². The molecule has 0 unspecified atom stereocenters. The molecular formula is C17H23BrN2O2. The van der Waals surface area contributed by atoms with Crippen LogP contribution < -0.4 is 5.32 Å². The van der Waals surface area contributed by atoms with Crippen LogP contribution in [0, 0.1) is 0 Å².